The van der Waals surface area contributed by atoms with Gasteiger partial charge in [0.2, 0.25) is 0 Å². The number of nitrogen functional groups attached to an aromatic ring is 1. The molecule has 1 rings (SSSR count). The van der Waals surface area contributed by atoms with Crippen LogP contribution in [0.1, 0.15) is 24.2 Å². The molecule has 0 unspecified atom stereocenters. The molecular formula is C12H17ClN2OS. The summed E-state index contributed by atoms with van der Waals surface area (Å²) >= 11 is 7.57. The predicted octanol–water partition coefficient (Wildman–Crippen LogP) is 2.79. The van der Waals surface area contributed by atoms with Gasteiger partial charge in [0.25, 0.3) is 5.91 Å². The average molecular weight is 273 g/mol. The van der Waals surface area contributed by atoms with Crippen LogP contribution in [0, 0.1) is 0 Å². The fourth-order valence-electron chi connectivity index (χ4n) is 1.20. The van der Waals surface area contributed by atoms with Gasteiger partial charge in [-0.15, -0.1) is 0 Å². The first-order valence-electron chi connectivity index (χ1n) is 5.25. The molecule has 0 fully saturated rings. The van der Waals surface area contributed by atoms with Gasteiger partial charge in [0, 0.05) is 11.3 Å². The van der Waals surface area contributed by atoms with Gasteiger partial charge in [-0.25, -0.2) is 0 Å². The van der Waals surface area contributed by atoms with Gasteiger partial charge < -0.3 is 11.1 Å². The minimum absolute atomic E-state index is 0.00297. The summed E-state index contributed by atoms with van der Waals surface area (Å²) in [4.78, 5) is 11.9. The molecule has 0 saturated heterocycles. The quantitative estimate of drug-likeness (QED) is 0.829. The van der Waals surface area contributed by atoms with Crippen molar-refractivity contribution < 1.29 is 4.79 Å². The fourth-order valence-corrected chi connectivity index (χ4v) is 1.59. The second-order valence-corrected chi connectivity index (χ2v) is 6.27. The van der Waals surface area contributed by atoms with Gasteiger partial charge in [0.15, 0.2) is 0 Å². The number of anilines is 1. The van der Waals surface area contributed by atoms with Crippen LogP contribution in [-0.2, 0) is 0 Å². The lowest BCUT2D eigenvalue weighted by Gasteiger charge is -2.22. The summed E-state index contributed by atoms with van der Waals surface area (Å²) < 4.78 is 0.00297. The summed E-state index contributed by atoms with van der Waals surface area (Å²) in [6.45, 7) is 4.72. The van der Waals surface area contributed by atoms with E-state index in [-0.39, 0.29) is 10.7 Å². The standard InChI is InChI=1S/C12H17ClN2OS/c1-12(2,17-3)7-15-11(16)8-5-4-6-9(13)10(8)14/h4-6H,7,14H2,1-3H3,(H,15,16). The van der Waals surface area contributed by atoms with E-state index in [9.17, 15) is 4.79 Å². The highest BCUT2D eigenvalue weighted by Gasteiger charge is 2.18. The zero-order valence-electron chi connectivity index (χ0n) is 10.2. The number of halogens is 1. The second-order valence-electron chi connectivity index (χ2n) is 4.35. The zero-order valence-corrected chi connectivity index (χ0v) is 11.8. The molecule has 0 aromatic heterocycles. The first kappa shape index (κ1) is 14.2. The van der Waals surface area contributed by atoms with Crippen molar-refractivity contribution in [3.8, 4) is 0 Å². The van der Waals surface area contributed by atoms with Crippen molar-refractivity contribution in [3.63, 3.8) is 0 Å². The maximum absolute atomic E-state index is 11.9. The van der Waals surface area contributed by atoms with Gasteiger partial charge >= 0.3 is 0 Å². The number of amides is 1. The molecule has 3 N–H and O–H groups in total. The Balaban J connectivity index is 2.74. The van der Waals surface area contributed by atoms with Crippen molar-refractivity contribution in [1.82, 2.24) is 5.32 Å². The smallest absolute Gasteiger partial charge is 0.253 e. The molecule has 17 heavy (non-hydrogen) atoms. The van der Waals surface area contributed by atoms with Crippen molar-refractivity contribution in [2.45, 2.75) is 18.6 Å². The van der Waals surface area contributed by atoms with Gasteiger partial charge in [0.1, 0.15) is 0 Å². The Bertz CT molecular complexity index is 421. The van der Waals surface area contributed by atoms with Gasteiger partial charge in [-0.3, -0.25) is 4.79 Å². The van der Waals surface area contributed by atoms with E-state index in [1.807, 2.05) is 6.26 Å². The number of para-hydroxylation sites is 1. The zero-order chi connectivity index (χ0) is 13.1. The largest absolute Gasteiger partial charge is 0.397 e. The molecule has 0 heterocycles. The van der Waals surface area contributed by atoms with E-state index in [4.69, 9.17) is 17.3 Å². The fraction of sp³-hybridized carbons (Fsp3) is 0.417. The van der Waals surface area contributed by atoms with Crippen LogP contribution in [-0.4, -0.2) is 23.5 Å². The second kappa shape index (κ2) is 5.65. The van der Waals surface area contributed by atoms with Crippen LogP contribution in [0.15, 0.2) is 18.2 Å². The van der Waals surface area contributed by atoms with Crippen LogP contribution in [0.4, 0.5) is 5.69 Å². The molecule has 0 aliphatic rings. The number of carbonyl (C=O) groups excluding carboxylic acids is 1. The molecular weight excluding hydrogens is 256 g/mol. The number of hydrogen-bond donors (Lipinski definition) is 2. The molecule has 0 radical (unpaired) electrons. The number of rotatable bonds is 4. The van der Waals surface area contributed by atoms with Crippen molar-refractivity contribution in [2.24, 2.45) is 0 Å². The first-order valence-corrected chi connectivity index (χ1v) is 6.85. The monoisotopic (exact) mass is 272 g/mol. The Labute approximate surface area is 111 Å². The van der Waals surface area contributed by atoms with Gasteiger partial charge in [-0.2, -0.15) is 11.8 Å². The van der Waals surface area contributed by atoms with E-state index in [2.05, 4.69) is 19.2 Å². The highest BCUT2D eigenvalue weighted by atomic mass is 35.5. The summed E-state index contributed by atoms with van der Waals surface area (Å²) in [6, 6.07) is 5.05. The average Bonchev–Trinajstić information content (AvgIpc) is 2.30. The molecule has 94 valence electrons. The number of carbonyl (C=O) groups is 1. The maximum atomic E-state index is 11.9. The highest BCUT2D eigenvalue weighted by molar-refractivity contribution is 7.99. The Kier molecular flexibility index (Phi) is 4.71. The number of nitrogens with one attached hydrogen (secondary N) is 1. The molecule has 1 amide bonds. The van der Waals surface area contributed by atoms with Crippen molar-refractivity contribution >= 4 is 35.0 Å². The molecule has 1 aromatic carbocycles. The van der Waals surface area contributed by atoms with Crippen molar-refractivity contribution in [2.75, 3.05) is 18.5 Å². The number of hydrogen-bond acceptors (Lipinski definition) is 3. The van der Waals surface area contributed by atoms with E-state index < -0.39 is 0 Å². The maximum Gasteiger partial charge on any atom is 0.253 e. The summed E-state index contributed by atoms with van der Waals surface area (Å²) in [6.07, 6.45) is 2.01. The molecule has 0 atom stereocenters. The third kappa shape index (κ3) is 3.82. The molecule has 5 heteroatoms. The molecule has 0 spiro atoms. The topological polar surface area (TPSA) is 55.1 Å². The van der Waals surface area contributed by atoms with Gasteiger partial charge in [-0.05, 0) is 32.2 Å². The highest BCUT2D eigenvalue weighted by Crippen LogP contribution is 2.23. The lowest BCUT2D eigenvalue weighted by molar-refractivity contribution is 0.0951. The SMILES string of the molecule is CSC(C)(C)CNC(=O)c1cccc(Cl)c1N. The minimum atomic E-state index is -0.188. The third-order valence-electron chi connectivity index (χ3n) is 2.52. The Morgan fingerprint density at radius 2 is 2.18 bits per heavy atom. The van der Waals surface area contributed by atoms with Crippen LogP contribution < -0.4 is 11.1 Å². The third-order valence-corrected chi connectivity index (χ3v) is 4.10. The van der Waals surface area contributed by atoms with E-state index in [1.54, 1.807) is 30.0 Å². The summed E-state index contributed by atoms with van der Waals surface area (Å²) in [5.74, 6) is -0.188. The lowest BCUT2D eigenvalue weighted by Crippen LogP contribution is -2.36. The summed E-state index contributed by atoms with van der Waals surface area (Å²) in [5, 5.41) is 3.26. The molecule has 1 aromatic rings. The van der Waals surface area contributed by atoms with Crippen LogP contribution in [0.25, 0.3) is 0 Å². The molecule has 0 aliphatic carbocycles. The predicted molar refractivity (Wildman–Crippen MR) is 75.8 cm³/mol. The van der Waals surface area contributed by atoms with Gasteiger partial charge in [-0.1, -0.05) is 17.7 Å². The number of thioether (sulfide) groups is 1. The Hall–Kier alpha value is -0.870. The van der Waals surface area contributed by atoms with Crippen LogP contribution in [0.3, 0.4) is 0 Å². The summed E-state index contributed by atoms with van der Waals surface area (Å²) in [7, 11) is 0. The molecule has 0 bridgehead atoms. The van der Waals surface area contributed by atoms with Crippen LogP contribution >= 0.6 is 23.4 Å². The van der Waals surface area contributed by atoms with E-state index >= 15 is 0 Å². The van der Waals surface area contributed by atoms with E-state index in [0.29, 0.717) is 22.8 Å². The molecule has 0 saturated carbocycles. The Morgan fingerprint density at radius 3 is 2.76 bits per heavy atom. The van der Waals surface area contributed by atoms with Gasteiger partial charge in [0.05, 0.1) is 16.3 Å². The summed E-state index contributed by atoms with van der Waals surface area (Å²) in [5.41, 5.74) is 6.51. The number of benzene rings is 1. The van der Waals surface area contributed by atoms with E-state index in [0.717, 1.165) is 0 Å². The first-order chi connectivity index (χ1) is 7.87. The van der Waals surface area contributed by atoms with Crippen molar-refractivity contribution in [3.05, 3.63) is 28.8 Å². The van der Waals surface area contributed by atoms with Crippen LogP contribution in [0.5, 0.6) is 0 Å². The van der Waals surface area contributed by atoms with E-state index in [1.165, 1.54) is 0 Å². The molecule has 3 nitrogen and oxygen atoms in total. The number of nitrogens with two attached hydrogens (primary N) is 1. The lowest BCUT2D eigenvalue weighted by atomic mass is 10.1. The van der Waals surface area contributed by atoms with Crippen LogP contribution in [0.2, 0.25) is 5.02 Å². The Morgan fingerprint density at radius 1 is 1.53 bits per heavy atom. The molecule has 0 aliphatic heterocycles. The normalized spacial score (nSPS) is 11.3. The minimum Gasteiger partial charge on any atom is -0.397 e. The van der Waals surface area contributed by atoms with Crippen molar-refractivity contribution in [1.29, 1.82) is 0 Å².